The first-order valence-corrected chi connectivity index (χ1v) is 6.64. The van der Waals surface area contributed by atoms with Crippen LogP contribution in [0.5, 0.6) is 0 Å². The first-order chi connectivity index (χ1) is 8.41. The second-order valence-corrected chi connectivity index (χ2v) is 5.43. The molecule has 0 bridgehead atoms. The molecule has 2 amide bonds. The highest BCUT2D eigenvalue weighted by molar-refractivity contribution is 5.75. The standard InChI is InChI=1S/C13H24N2O3/c1-10-5-4-7-15(8-6-10)13(18)14(3)9-11(2)12(16)17/h10-11H,4-9H2,1-3H3,(H,16,17). The lowest BCUT2D eigenvalue weighted by atomic mass is 10.0. The Labute approximate surface area is 109 Å². The fourth-order valence-electron chi connectivity index (χ4n) is 2.26. The maximum absolute atomic E-state index is 12.2. The Balaban J connectivity index is 2.49. The van der Waals surface area contributed by atoms with Gasteiger partial charge in [0.25, 0.3) is 0 Å². The number of carbonyl (C=O) groups excluding carboxylic acids is 1. The molecule has 1 rings (SSSR count). The topological polar surface area (TPSA) is 60.9 Å². The Morgan fingerprint density at radius 2 is 2.06 bits per heavy atom. The lowest BCUT2D eigenvalue weighted by Gasteiger charge is -2.28. The minimum Gasteiger partial charge on any atom is -0.481 e. The summed E-state index contributed by atoms with van der Waals surface area (Å²) < 4.78 is 0. The molecule has 1 fully saturated rings. The Morgan fingerprint density at radius 1 is 1.39 bits per heavy atom. The minimum atomic E-state index is -0.862. The summed E-state index contributed by atoms with van der Waals surface area (Å²) >= 11 is 0. The Morgan fingerprint density at radius 3 is 2.67 bits per heavy atom. The summed E-state index contributed by atoms with van der Waals surface area (Å²) in [6.45, 7) is 5.67. The van der Waals surface area contributed by atoms with Crippen LogP contribution < -0.4 is 0 Å². The highest BCUT2D eigenvalue weighted by Crippen LogP contribution is 2.17. The van der Waals surface area contributed by atoms with Crippen molar-refractivity contribution in [1.82, 2.24) is 9.80 Å². The largest absolute Gasteiger partial charge is 0.481 e. The van der Waals surface area contributed by atoms with Crippen LogP contribution in [0.4, 0.5) is 4.79 Å². The maximum Gasteiger partial charge on any atom is 0.319 e. The van der Waals surface area contributed by atoms with Crippen LogP contribution in [0.3, 0.4) is 0 Å². The number of hydrogen-bond acceptors (Lipinski definition) is 2. The van der Waals surface area contributed by atoms with Crippen LogP contribution in [0.25, 0.3) is 0 Å². The summed E-state index contributed by atoms with van der Waals surface area (Å²) in [6, 6.07) is -0.0443. The van der Waals surface area contributed by atoms with Crippen LogP contribution in [0.2, 0.25) is 0 Å². The third-order valence-electron chi connectivity index (χ3n) is 3.58. The van der Waals surface area contributed by atoms with Crippen molar-refractivity contribution >= 4 is 12.0 Å². The zero-order chi connectivity index (χ0) is 13.7. The molecule has 1 heterocycles. The number of nitrogens with zero attached hydrogens (tertiary/aromatic N) is 2. The SMILES string of the molecule is CC1CCCN(C(=O)N(C)CC(C)C(=O)O)CC1. The second-order valence-electron chi connectivity index (χ2n) is 5.43. The molecule has 0 radical (unpaired) electrons. The molecule has 1 aliphatic heterocycles. The van der Waals surface area contributed by atoms with E-state index >= 15 is 0 Å². The Bertz CT molecular complexity index is 307. The molecule has 2 unspecified atom stereocenters. The number of rotatable bonds is 3. The molecular formula is C13H24N2O3. The van der Waals surface area contributed by atoms with Gasteiger partial charge in [-0.15, -0.1) is 0 Å². The van der Waals surface area contributed by atoms with Gasteiger partial charge in [-0.2, -0.15) is 0 Å². The van der Waals surface area contributed by atoms with E-state index < -0.39 is 11.9 Å². The molecule has 0 saturated carbocycles. The summed E-state index contributed by atoms with van der Waals surface area (Å²) in [6.07, 6.45) is 3.24. The number of urea groups is 1. The van der Waals surface area contributed by atoms with Gasteiger partial charge in [0.2, 0.25) is 0 Å². The van der Waals surface area contributed by atoms with E-state index in [4.69, 9.17) is 5.11 Å². The lowest BCUT2D eigenvalue weighted by Crippen LogP contribution is -2.44. The number of aliphatic carboxylic acids is 1. The van der Waals surface area contributed by atoms with E-state index in [-0.39, 0.29) is 12.6 Å². The van der Waals surface area contributed by atoms with E-state index in [0.29, 0.717) is 5.92 Å². The highest BCUT2D eigenvalue weighted by atomic mass is 16.4. The molecule has 18 heavy (non-hydrogen) atoms. The number of carbonyl (C=O) groups is 2. The van der Waals surface area contributed by atoms with Gasteiger partial charge in [0, 0.05) is 26.7 Å². The lowest BCUT2D eigenvalue weighted by molar-refractivity contribution is -0.141. The van der Waals surface area contributed by atoms with Gasteiger partial charge in [0.1, 0.15) is 0 Å². The molecule has 5 heteroatoms. The minimum absolute atomic E-state index is 0.0443. The molecule has 1 aliphatic rings. The molecule has 1 saturated heterocycles. The van der Waals surface area contributed by atoms with E-state index in [1.165, 1.54) is 11.3 Å². The van der Waals surface area contributed by atoms with Crippen molar-refractivity contribution in [3.63, 3.8) is 0 Å². The van der Waals surface area contributed by atoms with Crippen LogP contribution in [-0.2, 0) is 4.79 Å². The molecule has 5 nitrogen and oxygen atoms in total. The van der Waals surface area contributed by atoms with Crippen LogP contribution in [-0.4, -0.2) is 53.6 Å². The summed E-state index contributed by atoms with van der Waals surface area (Å²) in [5, 5.41) is 8.85. The number of likely N-dealkylation sites (tertiary alicyclic amines) is 1. The zero-order valence-electron chi connectivity index (χ0n) is 11.6. The summed E-state index contributed by atoms with van der Waals surface area (Å²) in [5.74, 6) is -0.713. The smallest absolute Gasteiger partial charge is 0.319 e. The average Bonchev–Trinajstić information content (AvgIpc) is 2.52. The van der Waals surface area contributed by atoms with Crippen LogP contribution in [0.1, 0.15) is 33.1 Å². The molecule has 0 aromatic carbocycles. The fraction of sp³-hybridized carbons (Fsp3) is 0.846. The van der Waals surface area contributed by atoms with Gasteiger partial charge < -0.3 is 14.9 Å². The van der Waals surface area contributed by atoms with E-state index in [1.807, 2.05) is 4.90 Å². The summed E-state index contributed by atoms with van der Waals surface area (Å²) in [4.78, 5) is 26.3. The zero-order valence-corrected chi connectivity index (χ0v) is 11.6. The Hall–Kier alpha value is -1.26. The van der Waals surface area contributed by atoms with Gasteiger partial charge in [-0.3, -0.25) is 4.79 Å². The third kappa shape index (κ3) is 4.20. The number of hydrogen-bond donors (Lipinski definition) is 1. The van der Waals surface area contributed by atoms with E-state index in [0.717, 1.165) is 25.9 Å². The second kappa shape index (κ2) is 6.61. The number of carboxylic acids is 1. The molecule has 104 valence electrons. The van der Waals surface area contributed by atoms with Gasteiger partial charge in [-0.05, 0) is 25.2 Å². The summed E-state index contributed by atoms with van der Waals surface area (Å²) in [7, 11) is 1.68. The monoisotopic (exact) mass is 256 g/mol. The normalized spacial score (nSPS) is 22.2. The van der Waals surface area contributed by atoms with Crippen molar-refractivity contribution in [2.24, 2.45) is 11.8 Å². The first kappa shape index (κ1) is 14.8. The van der Waals surface area contributed by atoms with Crippen molar-refractivity contribution in [3.8, 4) is 0 Å². The van der Waals surface area contributed by atoms with Gasteiger partial charge in [-0.1, -0.05) is 13.8 Å². The van der Waals surface area contributed by atoms with Crippen LogP contribution >= 0.6 is 0 Å². The molecule has 2 atom stereocenters. The quantitative estimate of drug-likeness (QED) is 0.838. The predicted octanol–water partition coefficient (Wildman–Crippen LogP) is 1.88. The van der Waals surface area contributed by atoms with Crippen LogP contribution in [0, 0.1) is 11.8 Å². The van der Waals surface area contributed by atoms with Crippen molar-refractivity contribution in [1.29, 1.82) is 0 Å². The van der Waals surface area contributed by atoms with Crippen molar-refractivity contribution in [2.75, 3.05) is 26.7 Å². The van der Waals surface area contributed by atoms with Gasteiger partial charge in [-0.25, -0.2) is 4.79 Å². The Kier molecular flexibility index (Phi) is 5.44. The van der Waals surface area contributed by atoms with Gasteiger partial charge >= 0.3 is 12.0 Å². The van der Waals surface area contributed by atoms with E-state index in [2.05, 4.69) is 6.92 Å². The van der Waals surface area contributed by atoms with E-state index in [9.17, 15) is 9.59 Å². The third-order valence-corrected chi connectivity index (χ3v) is 3.58. The molecule has 0 spiro atoms. The van der Waals surface area contributed by atoms with Crippen molar-refractivity contribution in [3.05, 3.63) is 0 Å². The van der Waals surface area contributed by atoms with Gasteiger partial charge in [0.15, 0.2) is 0 Å². The predicted molar refractivity (Wildman–Crippen MR) is 69.4 cm³/mol. The van der Waals surface area contributed by atoms with Crippen molar-refractivity contribution in [2.45, 2.75) is 33.1 Å². The van der Waals surface area contributed by atoms with Crippen LogP contribution in [0.15, 0.2) is 0 Å². The maximum atomic E-state index is 12.2. The van der Waals surface area contributed by atoms with Crippen molar-refractivity contribution < 1.29 is 14.7 Å². The van der Waals surface area contributed by atoms with Gasteiger partial charge in [0.05, 0.1) is 5.92 Å². The highest BCUT2D eigenvalue weighted by Gasteiger charge is 2.23. The molecule has 1 N–H and O–H groups in total. The summed E-state index contributed by atoms with van der Waals surface area (Å²) in [5.41, 5.74) is 0. The number of amides is 2. The molecule has 0 aromatic heterocycles. The molecular weight excluding hydrogens is 232 g/mol. The average molecular weight is 256 g/mol. The molecule has 0 aliphatic carbocycles. The fourth-order valence-corrected chi connectivity index (χ4v) is 2.26. The van der Waals surface area contributed by atoms with E-state index in [1.54, 1.807) is 14.0 Å². The number of carboxylic acid groups (broad SMARTS) is 1. The molecule has 0 aromatic rings. The first-order valence-electron chi connectivity index (χ1n) is 6.64.